The first kappa shape index (κ1) is 11.4. The number of hydrogen-bond acceptors (Lipinski definition) is 3. The second-order valence-electron chi connectivity index (χ2n) is 4.21. The van der Waals surface area contributed by atoms with Crippen molar-refractivity contribution in [1.29, 1.82) is 0 Å². The van der Waals surface area contributed by atoms with Gasteiger partial charge >= 0.3 is 5.97 Å². The van der Waals surface area contributed by atoms with Crippen molar-refractivity contribution in [2.45, 2.75) is 6.42 Å². The van der Waals surface area contributed by atoms with Crippen molar-refractivity contribution in [3.8, 4) is 11.1 Å². The first-order chi connectivity index (χ1) is 9.24. The molecule has 3 heterocycles. The lowest BCUT2D eigenvalue weighted by Crippen LogP contribution is -2.01. The molecule has 0 fully saturated rings. The zero-order chi connectivity index (χ0) is 13.2. The highest BCUT2D eigenvalue weighted by atomic mass is 16.4. The highest BCUT2D eigenvalue weighted by Crippen LogP contribution is 2.27. The third kappa shape index (κ3) is 2.18. The van der Waals surface area contributed by atoms with Gasteiger partial charge in [-0.3, -0.25) is 9.78 Å². The summed E-state index contributed by atoms with van der Waals surface area (Å²) in [7, 11) is 0. The molecule has 5 nitrogen and oxygen atoms in total. The number of rotatable bonds is 3. The maximum atomic E-state index is 10.7. The summed E-state index contributed by atoms with van der Waals surface area (Å²) in [6, 6.07) is 7.51. The molecule has 0 radical (unpaired) electrons. The summed E-state index contributed by atoms with van der Waals surface area (Å²) in [5, 5.41) is 9.81. The molecule has 3 aromatic rings. The number of aromatic amines is 1. The topological polar surface area (TPSA) is 78.9 Å². The highest BCUT2D eigenvalue weighted by molar-refractivity contribution is 5.93. The third-order valence-electron chi connectivity index (χ3n) is 2.91. The summed E-state index contributed by atoms with van der Waals surface area (Å²) in [4.78, 5) is 22.1. The lowest BCUT2D eigenvalue weighted by atomic mass is 10.1. The van der Waals surface area contributed by atoms with Crippen LogP contribution in [-0.4, -0.2) is 26.0 Å². The fraction of sp³-hybridized carbons (Fsp3) is 0.0714. The van der Waals surface area contributed by atoms with E-state index >= 15 is 0 Å². The van der Waals surface area contributed by atoms with Crippen LogP contribution in [0.2, 0.25) is 0 Å². The monoisotopic (exact) mass is 253 g/mol. The minimum Gasteiger partial charge on any atom is -0.481 e. The van der Waals surface area contributed by atoms with Crippen LogP contribution < -0.4 is 0 Å². The van der Waals surface area contributed by atoms with Gasteiger partial charge in [-0.2, -0.15) is 0 Å². The lowest BCUT2D eigenvalue weighted by molar-refractivity contribution is -0.136. The number of nitrogens with one attached hydrogen (secondary N) is 1. The number of aromatic nitrogens is 3. The first-order valence-corrected chi connectivity index (χ1v) is 5.83. The molecule has 0 saturated heterocycles. The highest BCUT2D eigenvalue weighted by Gasteiger charge is 2.08. The van der Waals surface area contributed by atoms with Crippen LogP contribution in [-0.2, 0) is 11.2 Å². The molecule has 94 valence electrons. The number of carboxylic acids is 1. The Morgan fingerprint density at radius 2 is 2.16 bits per heavy atom. The average molecular weight is 253 g/mol. The van der Waals surface area contributed by atoms with Crippen molar-refractivity contribution >= 4 is 17.0 Å². The molecule has 0 aliphatic carbocycles. The molecule has 2 N–H and O–H groups in total. The van der Waals surface area contributed by atoms with E-state index in [4.69, 9.17) is 5.11 Å². The van der Waals surface area contributed by atoms with E-state index in [-0.39, 0.29) is 6.42 Å². The van der Waals surface area contributed by atoms with Gasteiger partial charge in [-0.25, -0.2) is 4.98 Å². The van der Waals surface area contributed by atoms with E-state index in [0.29, 0.717) is 5.69 Å². The zero-order valence-electron chi connectivity index (χ0n) is 10.00. The Bertz CT molecular complexity index is 749. The molecular weight excluding hydrogens is 242 g/mol. The zero-order valence-corrected chi connectivity index (χ0v) is 10.00. The van der Waals surface area contributed by atoms with Crippen molar-refractivity contribution < 1.29 is 9.90 Å². The van der Waals surface area contributed by atoms with Gasteiger partial charge in [-0.15, -0.1) is 0 Å². The minimum absolute atomic E-state index is 0.0750. The largest absolute Gasteiger partial charge is 0.481 e. The molecule has 0 unspecified atom stereocenters. The van der Waals surface area contributed by atoms with Gasteiger partial charge in [0.1, 0.15) is 5.65 Å². The van der Waals surface area contributed by atoms with Crippen LogP contribution in [0.3, 0.4) is 0 Å². The van der Waals surface area contributed by atoms with E-state index in [0.717, 1.165) is 22.2 Å². The van der Waals surface area contributed by atoms with Crippen molar-refractivity contribution in [2.24, 2.45) is 0 Å². The average Bonchev–Trinajstić information content (AvgIpc) is 2.82. The van der Waals surface area contributed by atoms with Crippen LogP contribution in [0.15, 0.2) is 42.9 Å². The van der Waals surface area contributed by atoms with Crippen molar-refractivity contribution in [2.75, 3.05) is 0 Å². The van der Waals surface area contributed by atoms with Crippen LogP contribution in [0.4, 0.5) is 0 Å². The number of carbonyl (C=O) groups is 1. The van der Waals surface area contributed by atoms with Gasteiger partial charge in [0.25, 0.3) is 0 Å². The Labute approximate surface area is 109 Å². The Balaban J connectivity index is 2.09. The maximum absolute atomic E-state index is 10.7. The van der Waals surface area contributed by atoms with E-state index < -0.39 is 5.97 Å². The quantitative estimate of drug-likeness (QED) is 0.750. The predicted octanol–water partition coefficient (Wildman–Crippen LogP) is 2.25. The molecule has 0 saturated carbocycles. The molecule has 0 spiro atoms. The van der Waals surface area contributed by atoms with E-state index in [1.807, 2.05) is 24.4 Å². The van der Waals surface area contributed by atoms with Crippen molar-refractivity contribution in [1.82, 2.24) is 15.0 Å². The molecule has 0 aliphatic heterocycles. The smallest absolute Gasteiger partial charge is 0.309 e. The summed E-state index contributed by atoms with van der Waals surface area (Å²) in [6.07, 6.45) is 5.15. The minimum atomic E-state index is -0.884. The van der Waals surface area contributed by atoms with E-state index in [1.54, 1.807) is 18.5 Å². The number of aliphatic carboxylic acids is 1. The van der Waals surface area contributed by atoms with Gasteiger partial charge in [0, 0.05) is 29.5 Å². The first-order valence-electron chi connectivity index (χ1n) is 5.83. The number of H-pyrrole nitrogens is 1. The van der Waals surface area contributed by atoms with Gasteiger partial charge in [0.05, 0.1) is 12.1 Å². The SMILES string of the molecule is O=C(O)Cc1cc(-c2c[nH]c3ncccc23)ccn1. The maximum Gasteiger partial charge on any atom is 0.309 e. The van der Waals surface area contributed by atoms with E-state index in [2.05, 4.69) is 15.0 Å². The molecule has 0 aliphatic rings. The van der Waals surface area contributed by atoms with Gasteiger partial charge in [-0.05, 0) is 29.8 Å². The molecule has 0 atom stereocenters. The van der Waals surface area contributed by atoms with Gasteiger partial charge in [0.15, 0.2) is 0 Å². The predicted molar refractivity (Wildman–Crippen MR) is 70.7 cm³/mol. The van der Waals surface area contributed by atoms with Crippen LogP contribution in [0.1, 0.15) is 5.69 Å². The summed E-state index contributed by atoms with van der Waals surface area (Å²) in [6.45, 7) is 0. The number of pyridine rings is 2. The van der Waals surface area contributed by atoms with E-state index in [1.165, 1.54) is 0 Å². The second-order valence-corrected chi connectivity index (χ2v) is 4.21. The van der Waals surface area contributed by atoms with Crippen molar-refractivity contribution in [3.05, 3.63) is 48.5 Å². The normalized spacial score (nSPS) is 10.7. The molecule has 0 aromatic carbocycles. The molecule has 5 heteroatoms. The summed E-state index contributed by atoms with van der Waals surface area (Å²) >= 11 is 0. The molecule has 0 amide bonds. The number of nitrogens with zero attached hydrogens (tertiary/aromatic N) is 2. The van der Waals surface area contributed by atoms with Crippen LogP contribution in [0, 0.1) is 0 Å². The van der Waals surface area contributed by atoms with E-state index in [9.17, 15) is 4.79 Å². The lowest BCUT2D eigenvalue weighted by Gasteiger charge is -2.02. The second kappa shape index (κ2) is 4.53. The summed E-state index contributed by atoms with van der Waals surface area (Å²) in [5.74, 6) is -0.884. The summed E-state index contributed by atoms with van der Waals surface area (Å²) in [5.41, 5.74) is 3.29. The van der Waals surface area contributed by atoms with Gasteiger partial charge in [-0.1, -0.05) is 0 Å². The fourth-order valence-corrected chi connectivity index (χ4v) is 2.09. The Morgan fingerprint density at radius 1 is 1.26 bits per heavy atom. The van der Waals surface area contributed by atoms with Crippen LogP contribution >= 0.6 is 0 Å². The molecular formula is C14H11N3O2. The molecule has 3 aromatic heterocycles. The number of fused-ring (bicyclic) bond motifs is 1. The Kier molecular flexibility index (Phi) is 2.72. The van der Waals surface area contributed by atoms with Gasteiger partial charge in [0.2, 0.25) is 0 Å². The van der Waals surface area contributed by atoms with Crippen LogP contribution in [0.25, 0.3) is 22.2 Å². The third-order valence-corrected chi connectivity index (χ3v) is 2.91. The Morgan fingerprint density at radius 3 is 3.00 bits per heavy atom. The standard InChI is InChI=1S/C14H11N3O2/c18-13(19)7-10-6-9(3-5-15-10)12-8-17-14-11(12)2-1-4-16-14/h1-6,8H,7H2,(H,16,17)(H,18,19). The molecule has 0 bridgehead atoms. The number of hydrogen-bond donors (Lipinski definition) is 2. The van der Waals surface area contributed by atoms with Gasteiger partial charge < -0.3 is 10.1 Å². The van der Waals surface area contributed by atoms with Crippen LogP contribution in [0.5, 0.6) is 0 Å². The summed E-state index contributed by atoms with van der Waals surface area (Å²) < 4.78 is 0. The number of carboxylic acid groups (broad SMARTS) is 1. The fourth-order valence-electron chi connectivity index (χ4n) is 2.09. The molecule has 19 heavy (non-hydrogen) atoms. The Hall–Kier alpha value is -2.69. The van der Waals surface area contributed by atoms with Crippen molar-refractivity contribution in [3.63, 3.8) is 0 Å². The molecule has 3 rings (SSSR count).